The van der Waals surface area contributed by atoms with E-state index in [4.69, 9.17) is 5.73 Å². The fraction of sp³-hybridized carbons (Fsp3) is 0.286. The number of hydrogen-bond acceptors (Lipinski definition) is 4. The van der Waals surface area contributed by atoms with E-state index < -0.39 is 11.9 Å². The number of pyridine rings is 1. The van der Waals surface area contributed by atoms with Gasteiger partial charge in [0.2, 0.25) is 11.9 Å². The number of carbonyl (C=O) groups excluding carboxylic acids is 1. The number of nitrogens with two attached hydrogens (primary N) is 1. The van der Waals surface area contributed by atoms with Gasteiger partial charge in [-0.2, -0.15) is 9.49 Å². The monoisotopic (exact) mass is 302 g/mol. The number of halogens is 1. The molecule has 114 valence electrons. The number of nitrogens with zero attached hydrogens (tertiary/aromatic N) is 5. The molecule has 0 fully saturated rings. The topological polar surface area (TPSA) is 91.1 Å². The van der Waals surface area contributed by atoms with Crippen molar-refractivity contribution in [2.75, 3.05) is 0 Å². The lowest BCUT2D eigenvalue weighted by atomic mass is 10.3. The number of aryl methyl sites for hydroxylation is 2. The predicted octanol–water partition coefficient (Wildman–Crippen LogP) is 1.09. The van der Waals surface area contributed by atoms with Gasteiger partial charge in [-0.15, -0.1) is 0 Å². The van der Waals surface area contributed by atoms with Crippen molar-refractivity contribution >= 4 is 11.6 Å². The molecule has 0 unspecified atom stereocenters. The zero-order valence-electron chi connectivity index (χ0n) is 12.2. The lowest BCUT2D eigenvalue weighted by Crippen LogP contribution is -2.14. The molecule has 0 aliphatic rings. The highest BCUT2D eigenvalue weighted by Crippen LogP contribution is 2.22. The van der Waals surface area contributed by atoms with E-state index >= 15 is 0 Å². The van der Waals surface area contributed by atoms with E-state index in [9.17, 15) is 9.18 Å². The normalized spacial score (nSPS) is 11.2. The number of hydrogen-bond donors (Lipinski definition) is 1. The van der Waals surface area contributed by atoms with Crippen LogP contribution in [0.5, 0.6) is 0 Å². The molecule has 2 N–H and O–H groups in total. The maximum Gasteiger partial charge on any atom is 0.229 e. The molecular formula is C14H15FN6O. The van der Waals surface area contributed by atoms with Crippen LogP contribution < -0.4 is 5.73 Å². The maximum atomic E-state index is 14.6. The number of imidazole rings is 1. The van der Waals surface area contributed by atoms with E-state index in [0.29, 0.717) is 12.2 Å². The van der Waals surface area contributed by atoms with Crippen molar-refractivity contribution in [2.45, 2.75) is 26.8 Å². The van der Waals surface area contributed by atoms with Gasteiger partial charge in [-0.1, -0.05) is 6.07 Å². The first-order chi connectivity index (χ1) is 10.5. The zero-order valence-corrected chi connectivity index (χ0v) is 12.2. The molecule has 3 aromatic rings. The summed E-state index contributed by atoms with van der Waals surface area (Å²) in [5.74, 6) is -0.494. The summed E-state index contributed by atoms with van der Waals surface area (Å²) in [5.41, 5.74) is 6.66. The highest BCUT2D eigenvalue weighted by atomic mass is 19.1. The van der Waals surface area contributed by atoms with Crippen LogP contribution in [0.15, 0.2) is 18.3 Å². The molecule has 1 amide bonds. The van der Waals surface area contributed by atoms with Gasteiger partial charge in [0.25, 0.3) is 0 Å². The molecule has 0 atom stereocenters. The molecular weight excluding hydrogens is 287 g/mol. The Kier molecular flexibility index (Phi) is 3.36. The Morgan fingerprint density at radius 2 is 2.14 bits per heavy atom. The minimum absolute atomic E-state index is 0.0892. The Hall–Kier alpha value is -2.77. The Morgan fingerprint density at radius 3 is 2.82 bits per heavy atom. The molecule has 8 heteroatoms. The third-order valence-electron chi connectivity index (χ3n) is 3.27. The van der Waals surface area contributed by atoms with Crippen LogP contribution >= 0.6 is 0 Å². The fourth-order valence-electron chi connectivity index (χ4n) is 2.28. The van der Waals surface area contributed by atoms with Gasteiger partial charge in [-0.3, -0.25) is 9.20 Å². The quantitative estimate of drug-likeness (QED) is 0.781. The second kappa shape index (κ2) is 5.21. The summed E-state index contributed by atoms with van der Waals surface area (Å²) in [5, 5.41) is 4.16. The van der Waals surface area contributed by atoms with Gasteiger partial charge in [0.15, 0.2) is 17.3 Å². The van der Waals surface area contributed by atoms with Crippen LogP contribution in [0, 0.1) is 12.9 Å². The molecule has 0 aromatic carbocycles. The fourth-order valence-corrected chi connectivity index (χ4v) is 2.28. The van der Waals surface area contributed by atoms with Crippen LogP contribution in [0.2, 0.25) is 0 Å². The first kappa shape index (κ1) is 14.2. The second-order valence-electron chi connectivity index (χ2n) is 5.00. The number of primary amides is 1. The van der Waals surface area contributed by atoms with E-state index in [2.05, 4.69) is 15.1 Å². The van der Waals surface area contributed by atoms with E-state index in [1.165, 1.54) is 9.08 Å². The summed E-state index contributed by atoms with van der Waals surface area (Å²) in [6.07, 6.45) is 1.58. The molecule has 22 heavy (non-hydrogen) atoms. The predicted molar refractivity (Wildman–Crippen MR) is 77.5 cm³/mol. The van der Waals surface area contributed by atoms with E-state index in [1.807, 2.05) is 19.9 Å². The molecule has 0 saturated carbocycles. The maximum absolute atomic E-state index is 14.6. The average molecular weight is 302 g/mol. The Balaban J connectivity index is 2.16. The smallest absolute Gasteiger partial charge is 0.229 e. The number of fused-ring (bicyclic) bond motifs is 1. The van der Waals surface area contributed by atoms with Crippen molar-refractivity contribution in [1.82, 2.24) is 24.1 Å². The van der Waals surface area contributed by atoms with Gasteiger partial charge >= 0.3 is 0 Å². The zero-order chi connectivity index (χ0) is 15.9. The molecule has 0 bridgehead atoms. The van der Waals surface area contributed by atoms with Crippen molar-refractivity contribution in [3.05, 3.63) is 35.7 Å². The molecule has 0 radical (unpaired) electrons. The summed E-state index contributed by atoms with van der Waals surface area (Å²) >= 11 is 0. The van der Waals surface area contributed by atoms with Gasteiger partial charge in [-0.25, -0.2) is 14.6 Å². The minimum atomic E-state index is -0.536. The summed E-state index contributed by atoms with van der Waals surface area (Å²) in [4.78, 5) is 19.5. The number of amides is 1. The Morgan fingerprint density at radius 1 is 1.36 bits per heavy atom. The highest BCUT2D eigenvalue weighted by Gasteiger charge is 2.21. The second-order valence-corrected chi connectivity index (χ2v) is 5.00. The number of aromatic nitrogens is 5. The van der Waals surface area contributed by atoms with Crippen LogP contribution in [0.25, 0.3) is 17.2 Å². The number of carbonyl (C=O) groups is 1. The van der Waals surface area contributed by atoms with Crippen LogP contribution in [0.1, 0.15) is 18.3 Å². The summed E-state index contributed by atoms with van der Waals surface area (Å²) in [6.45, 7) is 4.20. The molecule has 0 saturated heterocycles. The van der Waals surface area contributed by atoms with Gasteiger partial charge in [0, 0.05) is 12.7 Å². The molecule has 0 aliphatic carbocycles. The molecule has 3 rings (SSSR count). The summed E-state index contributed by atoms with van der Waals surface area (Å²) in [6, 6.07) is 3.59. The molecule has 7 nitrogen and oxygen atoms in total. The first-order valence-corrected chi connectivity index (χ1v) is 6.86. The third kappa shape index (κ3) is 2.32. The first-order valence-electron chi connectivity index (χ1n) is 6.86. The molecule has 3 heterocycles. The van der Waals surface area contributed by atoms with Gasteiger partial charge < -0.3 is 5.73 Å². The summed E-state index contributed by atoms with van der Waals surface area (Å²) in [7, 11) is 0. The van der Waals surface area contributed by atoms with Crippen LogP contribution in [-0.4, -0.2) is 30.1 Å². The van der Waals surface area contributed by atoms with Gasteiger partial charge in [0.05, 0.1) is 6.42 Å². The van der Waals surface area contributed by atoms with Gasteiger partial charge in [-0.05, 0) is 25.5 Å². The summed E-state index contributed by atoms with van der Waals surface area (Å²) < 4.78 is 17.5. The van der Waals surface area contributed by atoms with E-state index in [1.54, 1.807) is 12.3 Å². The van der Waals surface area contributed by atoms with Crippen LogP contribution in [0.4, 0.5) is 4.39 Å². The van der Waals surface area contributed by atoms with Crippen molar-refractivity contribution in [3.8, 4) is 11.5 Å². The largest absolute Gasteiger partial charge is 0.369 e. The highest BCUT2D eigenvalue weighted by molar-refractivity contribution is 5.75. The van der Waals surface area contributed by atoms with E-state index in [0.717, 1.165) is 5.56 Å². The molecule has 3 aromatic heterocycles. The lowest BCUT2D eigenvalue weighted by molar-refractivity contribution is -0.117. The Labute approximate surface area is 125 Å². The van der Waals surface area contributed by atoms with E-state index in [-0.39, 0.29) is 23.8 Å². The minimum Gasteiger partial charge on any atom is -0.369 e. The SMILES string of the molecule is CCn1nc(CC(N)=O)nc1-c1nc2ccc(C)cn2c1F. The van der Waals surface area contributed by atoms with Gasteiger partial charge in [0.1, 0.15) is 5.65 Å². The third-order valence-corrected chi connectivity index (χ3v) is 3.27. The number of rotatable bonds is 4. The standard InChI is InChI=1S/C14H15FN6O/c1-3-21-14(17-10(19-21)6-9(16)22)12-13(15)20-7-8(2)4-5-11(20)18-12/h4-5,7H,3,6H2,1-2H3,(H2,16,22). The van der Waals surface area contributed by atoms with Crippen molar-refractivity contribution in [3.63, 3.8) is 0 Å². The van der Waals surface area contributed by atoms with Crippen LogP contribution in [-0.2, 0) is 17.8 Å². The van der Waals surface area contributed by atoms with Crippen LogP contribution in [0.3, 0.4) is 0 Å². The van der Waals surface area contributed by atoms with Crippen molar-refractivity contribution in [1.29, 1.82) is 0 Å². The lowest BCUT2D eigenvalue weighted by Gasteiger charge is -1.99. The molecule has 0 aliphatic heterocycles. The van der Waals surface area contributed by atoms with Crippen molar-refractivity contribution < 1.29 is 9.18 Å². The Bertz CT molecular complexity index is 866. The molecule has 0 spiro atoms. The average Bonchev–Trinajstić information content (AvgIpc) is 3.00. The van der Waals surface area contributed by atoms with Crippen molar-refractivity contribution in [2.24, 2.45) is 5.73 Å².